The molecule has 2 heteroatoms. The lowest BCUT2D eigenvalue weighted by Crippen LogP contribution is -2.57. The summed E-state index contributed by atoms with van der Waals surface area (Å²) >= 11 is 0. The second-order valence-electron chi connectivity index (χ2n) is 6.46. The van der Waals surface area contributed by atoms with Crippen molar-refractivity contribution < 1.29 is 0 Å². The van der Waals surface area contributed by atoms with E-state index >= 15 is 0 Å². The highest BCUT2D eigenvalue weighted by Crippen LogP contribution is 2.35. The number of hydrogen-bond acceptors (Lipinski definition) is 2. The highest BCUT2D eigenvalue weighted by Gasteiger charge is 2.38. The van der Waals surface area contributed by atoms with Gasteiger partial charge in [0.1, 0.15) is 0 Å². The Hall–Kier alpha value is -0.0800. The van der Waals surface area contributed by atoms with Gasteiger partial charge in [0.25, 0.3) is 0 Å². The lowest BCUT2D eigenvalue weighted by molar-refractivity contribution is 0.0573. The zero-order valence-corrected chi connectivity index (χ0v) is 13.1. The Kier molecular flexibility index (Phi) is 7.25. The van der Waals surface area contributed by atoms with E-state index in [-0.39, 0.29) is 0 Å². The molecule has 0 saturated heterocycles. The maximum atomic E-state index is 3.76. The number of nitrogens with one attached hydrogen (secondary N) is 1. The number of unbranched alkanes of at least 4 members (excludes halogenated alkanes) is 4. The minimum absolute atomic E-state index is 0.469. The van der Waals surface area contributed by atoms with Gasteiger partial charge < -0.3 is 10.2 Å². The molecular formula is C16H34N2. The average molecular weight is 254 g/mol. The maximum Gasteiger partial charge on any atom is 0.0328 e. The van der Waals surface area contributed by atoms with Crippen LogP contribution in [0.4, 0.5) is 0 Å². The summed E-state index contributed by atoms with van der Waals surface area (Å²) in [6.07, 6.45) is 12.5. The van der Waals surface area contributed by atoms with Crippen LogP contribution in [0.25, 0.3) is 0 Å². The van der Waals surface area contributed by atoms with Crippen molar-refractivity contribution in [2.75, 3.05) is 20.6 Å². The van der Waals surface area contributed by atoms with E-state index < -0.39 is 0 Å². The molecule has 1 fully saturated rings. The Morgan fingerprint density at radius 3 is 2.28 bits per heavy atom. The molecule has 1 N–H and O–H groups in total. The van der Waals surface area contributed by atoms with Crippen molar-refractivity contribution in [2.45, 2.75) is 83.2 Å². The lowest BCUT2D eigenvalue weighted by atomic mass is 9.75. The number of nitrogens with zero attached hydrogens (tertiary/aromatic N) is 1. The molecule has 18 heavy (non-hydrogen) atoms. The zero-order chi connectivity index (χ0) is 13.4. The third-order valence-corrected chi connectivity index (χ3v) is 4.75. The lowest BCUT2D eigenvalue weighted by Gasteiger charge is -2.48. The Morgan fingerprint density at radius 2 is 1.78 bits per heavy atom. The third kappa shape index (κ3) is 4.89. The molecule has 2 nitrogen and oxygen atoms in total. The van der Waals surface area contributed by atoms with Crippen LogP contribution in [-0.4, -0.2) is 37.1 Å². The predicted octanol–water partition coefficient (Wildman–Crippen LogP) is 3.81. The fourth-order valence-corrected chi connectivity index (χ4v) is 2.89. The molecule has 1 rings (SSSR count). The zero-order valence-electron chi connectivity index (χ0n) is 13.1. The van der Waals surface area contributed by atoms with Crippen LogP contribution in [0.15, 0.2) is 0 Å². The summed E-state index contributed by atoms with van der Waals surface area (Å²) in [5.41, 5.74) is 0.469. The quantitative estimate of drug-likeness (QED) is 0.596. The Bertz CT molecular complexity index is 209. The van der Waals surface area contributed by atoms with E-state index in [1.165, 1.54) is 64.3 Å². The largest absolute Gasteiger partial charge is 0.312 e. The second kappa shape index (κ2) is 8.16. The molecule has 1 aliphatic carbocycles. The summed E-state index contributed by atoms with van der Waals surface area (Å²) < 4.78 is 0. The van der Waals surface area contributed by atoms with Crippen LogP contribution in [-0.2, 0) is 0 Å². The molecule has 1 unspecified atom stereocenters. The minimum atomic E-state index is 0.469. The molecule has 108 valence electrons. The number of hydrogen-bond donors (Lipinski definition) is 1. The molecule has 0 aliphatic heterocycles. The van der Waals surface area contributed by atoms with Crippen molar-refractivity contribution in [3.05, 3.63) is 0 Å². The SMILES string of the molecule is CCCCCCCC(C)NCC1(N(C)C)CCC1. The monoisotopic (exact) mass is 254 g/mol. The highest BCUT2D eigenvalue weighted by molar-refractivity contribution is 4.97. The van der Waals surface area contributed by atoms with E-state index in [4.69, 9.17) is 0 Å². The predicted molar refractivity (Wildman–Crippen MR) is 81.1 cm³/mol. The molecule has 1 aliphatic rings. The van der Waals surface area contributed by atoms with Gasteiger partial charge >= 0.3 is 0 Å². The van der Waals surface area contributed by atoms with E-state index in [1.807, 2.05) is 0 Å². The van der Waals surface area contributed by atoms with E-state index in [0.717, 1.165) is 0 Å². The molecule has 0 aromatic rings. The molecule has 0 radical (unpaired) electrons. The second-order valence-corrected chi connectivity index (χ2v) is 6.46. The summed E-state index contributed by atoms with van der Waals surface area (Å²) in [6.45, 7) is 5.81. The van der Waals surface area contributed by atoms with Gasteiger partial charge in [-0.1, -0.05) is 39.0 Å². The Morgan fingerprint density at radius 1 is 1.11 bits per heavy atom. The number of likely N-dealkylation sites (N-methyl/N-ethyl adjacent to an activating group) is 1. The third-order valence-electron chi connectivity index (χ3n) is 4.75. The van der Waals surface area contributed by atoms with E-state index in [2.05, 4.69) is 38.2 Å². The van der Waals surface area contributed by atoms with Crippen molar-refractivity contribution >= 4 is 0 Å². The molecule has 1 saturated carbocycles. The summed E-state index contributed by atoms with van der Waals surface area (Å²) in [7, 11) is 4.46. The average Bonchev–Trinajstić information content (AvgIpc) is 2.27. The first kappa shape index (κ1) is 16.0. The highest BCUT2D eigenvalue weighted by atomic mass is 15.2. The van der Waals surface area contributed by atoms with Crippen molar-refractivity contribution in [1.82, 2.24) is 10.2 Å². The van der Waals surface area contributed by atoms with E-state index in [9.17, 15) is 0 Å². The Labute approximate surface area is 115 Å². The molecule has 0 aromatic carbocycles. The van der Waals surface area contributed by atoms with Gasteiger partial charge in [-0.15, -0.1) is 0 Å². The first-order valence-corrected chi connectivity index (χ1v) is 8.01. The van der Waals surface area contributed by atoms with E-state index in [0.29, 0.717) is 11.6 Å². The summed E-state index contributed by atoms with van der Waals surface area (Å²) in [4.78, 5) is 2.43. The fourth-order valence-electron chi connectivity index (χ4n) is 2.89. The van der Waals surface area contributed by atoms with Crippen LogP contribution in [0.5, 0.6) is 0 Å². The van der Waals surface area contributed by atoms with Gasteiger partial charge in [0.15, 0.2) is 0 Å². The molecular weight excluding hydrogens is 220 g/mol. The topological polar surface area (TPSA) is 15.3 Å². The van der Waals surface area contributed by atoms with Crippen LogP contribution in [0.2, 0.25) is 0 Å². The number of rotatable bonds is 10. The Balaban J connectivity index is 2.07. The molecule has 0 spiro atoms. The summed E-state index contributed by atoms with van der Waals surface area (Å²) in [5.74, 6) is 0. The van der Waals surface area contributed by atoms with Crippen LogP contribution in [0.3, 0.4) is 0 Å². The minimum Gasteiger partial charge on any atom is -0.312 e. The smallest absolute Gasteiger partial charge is 0.0328 e. The molecule has 0 heterocycles. The molecule has 1 atom stereocenters. The first-order valence-electron chi connectivity index (χ1n) is 8.01. The molecule has 0 aromatic heterocycles. The van der Waals surface area contributed by atoms with E-state index in [1.54, 1.807) is 0 Å². The van der Waals surface area contributed by atoms with Crippen LogP contribution in [0, 0.1) is 0 Å². The molecule has 0 amide bonds. The van der Waals surface area contributed by atoms with Crippen molar-refractivity contribution in [1.29, 1.82) is 0 Å². The van der Waals surface area contributed by atoms with Gasteiger partial charge in [0.2, 0.25) is 0 Å². The van der Waals surface area contributed by atoms with Gasteiger partial charge in [-0.2, -0.15) is 0 Å². The standard InChI is InChI=1S/C16H34N2/c1-5-6-7-8-9-11-15(2)17-14-16(18(3)4)12-10-13-16/h15,17H,5-14H2,1-4H3. The van der Waals surface area contributed by atoms with Gasteiger partial charge in [-0.05, 0) is 46.7 Å². The van der Waals surface area contributed by atoms with Gasteiger partial charge in [0, 0.05) is 18.1 Å². The van der Waals surface area contributed by atoms with Crippen LogP contribution in [0.1, 0.15) is 71.6 Å². The summed E-state index contributed by atoms with van der Waals surface area (Å²) in [5, 5.41) is 3.76. The molecule has 0 bridgehead atoms. The fraction of sp³-hybridized carbons (Fsp3) is 1.00. The summed E-state index contributed by atoms with van der Waals surface area (Å²) in [6, 6.07) is 0.684. The van der Waals surface area contributed by atoms with Gasteiger partial charge in [-0.25, -0.2) is 0 Å². The van der Waals surface area contributed by atoms with Gasteiger partial charge in [0.05, 0.1) is 0 Å². The van der Waals surface area contributed by atoms with Crippen LogP contribution < -0.4 is 5.32 Å². The first-order chi connectivity index (χ1) is 8.60. The van der Waals surface area contributed by atoms with Crippen LogP contribution >= 0.6 is 0 Å². The van der Waals surface area contributed by atoms with Crippen molar-refractivity contribution in [3.63, 3.8) is 0 Å². The van der Waals surface area contributed by atoms with Crippen molar-refractivity contribution in [2.24, 2.45) is 0 Å². The van der Waals surface area contributed by atoms with Crippen molar-refractivity contribution in [3.8, 4) is 0 Å². The van der Waals surface area contributed by atoms with Gasteiger partial charge in [-0.3, -0.25) is 0 Å². The normalized spacial score (nSPS) is 19.8. The maximum absolute atomic E-state index is 3.76.